The second kappa shape index (κ2) is 6.29. The molecule has 2 aromatic heterocycles. The van der Waals surface area contributed by atoms with Crippen LogP contribution in [0.25, 0.3) is 10.2 Å². The number of anilines is 2. The van der Waals surface area contributed by atoms with E-state index in [-0.39, 0.29) is 6.61 Å². The standard InChI is InChI=1S/C16H17N3O2S/c1-10-7-12(3-4-14(10)21-6-5-20)19-15-13-8-11(2)22-16(13)18-9-17-15/h3-4,7-9,20H,5-6H2,1-2H3,(H,17,18,19). The fourth-order valence-electron chi connectivity index (χ4n) is 2.26. The molecule has 1 aromatic carbocycles. The topological polar surface area (TPSA) is 67.3 Å². The number of thiophene rings is 1. The van der Waals surface area contributed by atoms with Gasteiger partial charge in [-0.25, -0.2) is 9.97 Å². The summed E-state index contributed by atoms with van der Waals surface area (Å²) in [5.74, 6) is 1.58. The van der Waals surface area contributed by atoms with Crippen LogP contribution in [0.1, 0.15) is 10.4 Å². The number of nitrogens with zero attached hydrogens (tertiary/aromatic N) is 2. The fraction of sp³-hybridized carbons (Fsp3) is 0.250. The summed E-state index contributed by atoms with van der Waals surface area (Å²) in [5.41, 5.74) is 1.95. The number of aryl methyl sites for hydroxylation is 2. The number of rotatable bonds is 5. The van der Waals surface area contributed by atoms with Crippen molar-refractivity contribution in [1.82, 2.24) is 9.97 Å². The zero-order chi connectivity index (χ0) is 15.5. The Morgan fingerprint density at radius 1 is 1.23 bits per heavy atom. The SMILES string of the molecule is Cc1cc2c(Nc3ccc(OCCO)c(C)c3)ncnc2s1. The van der Waals surface area contributed by atoms with E-state index in [4.69, 9.17) is 9.84 Å². The zero-order valence-electron chi connectivity index (χ0n) is 12.5. The molecule has 5 nitrogen and oxygen atoms in total. The van der Waals surface area contributed by atoms with Crippen LogP contribution in [0.2, 0.25) is 0 Å². The molecule has 0 bridgehead atoms. The molecule has 0 fully saturated rings. The van der Waals surface area contributed by atoms with Crippen molar-refractivity contribution >= 4 is 33.1 Å². The van der Waals surface area contributed by atoms with E-state index in [0.717, 1.165) is 33.0 Å². The Labute approximate surface area is 132 Å². The van der Waals surface area contributed by atoms with Crippen LogP contribution in [0.5, 0.6) is 5.75 Å². The third-order valence-electron chi connectivity index (χ3n) is 3.24. The summed E-state index contributed by atoms with van der Waals surface area (Å²) in [6.45, 7) is 4.35. The molecular weight excluding hydrogens is 298 g/mol. The van der Waals surface area contributed by atoms with Gasteiger partial charge in [0.1, 0.15) is 29.3 Å². The average Bonchev–Trinajstić information content (AvgIpc) is 2.88. The number of benzene rings is 1. The van der Waals surface area contributed by atoms with Gasteiger partial charge in [0.25, 0.3) is 0 Å². The highest BCUT2D eigenvalue weighted by molar-refractivity contribution is 7.18. The number of aromatic nitrogens is 2. The summed E-state index contributed by atoms with van der Waals surface area (Å²) in [6, 6.07) is 7.92. The summed E-state index contributed by atoms with van der Waals surface area (Å²) < 4.78 is 5.46. The van der Waals surface area contributed by atoms with Gasteiger partial charge >= 0.3 is 0 Å². The number of aliphatic hydroxyl groups excluding tert-OH is 1. The van der Waals surface area contributed by atoms with Crippen molar-refractivity contribution < 1.29 is 9.84 Å². The highest BCUT2D eigenvalue weighted by Gasteiger charge is 2.08. The summed E-state index contributed by atoms with van der Waals surface area (Å²) in [6.07, 6.45) is 1.58. The minimum Gasteiger partial charge on any atom is -0.491 e. The van der Waals surface area contributed by atoms with Gasteiger partial charge in [0, 0.05) is 10.6 Å². The van der Waals surface area contributed by atoms with Crippen molar-refractivity contribution in [2.45, 2.75) is 13.8 Å². The third kappa shape index (κ3) is 3.03. The predicted molar refractivity (Wildman–Crippen MR) is 89.2 cm³/mol. The summed E-state index contributed by atoms with van der Waals surface area (Å²) in [5, 5.41) is 13.2. The zero-order valence-corrected chi connectivity index (χ0v) is 13.3. The number of ether oxygens (including phenoxy) is 1. The Morgan fingerprint density at radius 2 is 2.09 bits per heavy atom. The molecule has 3 aromatic rings. The van der Waals surface area contributed by atoms with Crippen LogP contribution < -0.4 is 10.1 Å². The van der Waals surface area contributed by atoms with E-state index in [1.54, 1.807) is 17.7 Å². The lowest BCUT2D eigenvalue weighted by molar-refractivity contribution is 0.200. The number of fused-ring (bicyclic) bond motifs is 1. The quantitative estimate of drug-likeness (QED) is 0.755. The van der Waals surface area contributed by atoms with E-state index in [9.17, 15) is 0 Å². The molecule has 0 saturated carbocycles. The summed E-state index contributed by atoms with van der Waals surface area (Å²) in [7, 11) is 0. The normalized spacial score (nSPS) is 10.9. The minimum atomic E-state index is 0.00979. The lowest BCUT2D eigenvalue weighted by Gasteiger charge is -2.11. The van der Waals surface area contributed by atoms with E-state index >= 15 is 0 Å². The van der Waals surface area contributed by atoms with E-state index in [2.05, 4.69) is 28.3 Å². The first-order valence-electron chi connectivity index (χ1n) is 7.00. The molecule has 0 atom stereocenters. The molecule has 0 unspecified atom stereocenters. The van der Waals surface area contributed by atoms with E-state index < -0.39 is 0 Å². The van der Waals surface area contributed by atoms with E-state index in [1.165, 1.54) is 4.88 Å². The smallest absolute Gasteiger partial charge is 0.142 e. The van der Waals surface area contributed by atoms with Gasteiger partial charge < -0.3 is 15.2 Å². The molecule has 6 heteroatoms. The van der Waals surface area contributed by atoms with Crippen molar-refractivity contribution in [2.24, 2.45) is 0 Å². The highest BCUT2D eigenvalue weighted by Crippen LogP contribution is 2.30. The molecule has 0 aliphatic rings. The van der Waals surface area contributed by atoms with Crippen LogP contribution >= 0.6 is 11.3 Å². The molecule has 0 aliphatic heterocycles. The average molecular weight is 315 g/mol. The van der Waals surface area contributed by atoms with Crippen molar-refractivity contribution in [3.8, 4) is 5.75 Å². The molecule has 0 radical (unpaired) electrons. The van der Waals surface area contributed by atoms with Gasteiger partial charge in [0.2, 0.25) is 0 Å². The van der Waals surface area contributed by atoms with Gasteiger partial charge in [-0.3, -0.25) is 0 Å². The van der Waals surface area contributed by atoms with E-state index in [0.29, 0.717) is 6.61 Å². The minimum absolute atomic E-state index is 0.00979. The van der Waals surface area contributed by atoms with Crippen LogP contribution in [-0.2, 0) is 0 Å². The van der Waals surface area contributed by atoms with Crippen LogP contribution in [-0.4, -0.2) is 28.3 Å². The summed E-state index contributed by atoms with van der Waals surface area (Å²) >= 11 is 1.66. The first kappa shape index (κ1) is 14.7. The number of hydrogen-bond donors (Lipinski definition) is 2. The Hall–Kier alpha value is -2.18. The number of hydrogen-bond acceptors (Lipinski definition) is 6. The molecule has 114 valence electrons. The van der Waals surface area contributed by atoms with Crippen molar-refractivity contribution in [3.63, 3.8) is 0 Å². The van der Waals surface area contributed by atoms with E-state index in [1.807, 2.05) is 25.1 Å². The Bertz CT molecular complexity index is 801. The largest absolute Gasteiger partial charge is 0.491 e. The molecule has 0 aliphatic carbocycles. The van der Waals surface area contributed by atoms with Crippen molar-refractivity contribution in [3.05, 3.63) is 41.0 Å². The molecule has 22 heavy (non-hydrogen) atoms. The molecule has 3 rings (SSSR count). The molecule has 2 N–H and O–H groups in total. The maximum atomic E-state index is 8.82. The summed E-state index contributed by atoms with van der Waals surface area (Å²) in [4.78, 5) is 10.8. The van der Waals surface area contributed by atoms with Gasteiger partial charge in [-0.1, -0.05) is 0 Å². The molecule has 0 saturated heterocycles. The monoisotopic (exact) mass is 315 g/mol. The maximum absolute atomic E-state index is 8.82. The Balaban J connectivity index is 1.87. The predicted octanol–water partition coefficient (Wildman–Crippen LogP) is 3.42. The lowest BCUT2D eigenvalue weighted by atomic mass is 10.2. The molecule has 0 amide bonds. The van der Waals surface area contributed by atoms with Gasteiger partial charge in [-0.15, -0.1) is 11.3 Å². The third-order valence-corrected chi connectivity index (χ3v) is 4.20. The Kier molecular flexibility index (Phi) is 4.22. The van der Waals surface area contributed by atoms with Crippen LogP contribution in [0.3, 0.4) is 0 Å². The maximum Gasteiger partial charge on any atom is 0.142 e. The highest BCUT2D eigenvalue weighted by atomic mass is 32.1. The second-order valence-corrected chi connectivity index (χ2v) is 6.21. The Morgan fingerprint density at radius 3 is 2.86 bits per heavy atom. The fourth-order valence-corrected chi connectivity index (χ4v) is 3.10. The van der Waals surface area contributed by atoms with Crippen LogP contribution in [0.15, 0.2) is 30.6 Å². The van der Waals surface area contributed by atoms with Crippen LogP contribution in [0, 0.1) is 13.8 Å². The van der Waals surface area contributed by atoms with Gasteiger partial charge in [-0.2, -0.15) is 0 Å². The number of aliphatic hydroxyl groups is 1. The molecular formula is C16H17N3O2S. The first-order valence-corrected chi connectivity index (χ1v) is 7.81. The van der Waals surface area contributed by atoms with Gasteiger partial charge in [-0.05, 0) is 43.7 Å². The molecule has 0 spiro atoms. The van der Waals surface area contributed by atoms with Gasteiger partial charge in [0.05, 0.1) is 12.0 Å². The lowest BCUT2D eigenvalue weighted by Crippen LogP contribution is -2.03. The number of nitrogens with one attached hydrogen (secondary N) is 1. The first-order chi connectivity index (χ1) is 10.7. The van der Waals surface area contributed by atoms with Crippen LogP contribution in [0.4, 0.5) is 11.5 Å². The van der Waals surface area contributed by atoms with Crippen molar-refractivity contribution in [2.75, 3.05) is 18.5 Å². The molecule has 2 heterocycles. The van der Waals surface area contributed by atoms with Crippen molar-refractivity contribution in [1.29, 1.82) is 0 Å². The van der Waals surface area contributed by atoms with Gasteiger partial charge in [0.15, 0.2) is 0 Å². The second-order valence-electron chi connectivity index (χ2n) is 4.98.